The van der Waals surface area contributed by atoms with Gasteiger partial charge in [0.15, 0.2) is 0 Å². The van der Waals surface area contributed by atoms with E-state index in [2.05, 4.69) is 15.4 Å². The molecule has 0 saturated carbocycles. The summed E-state index contributed by atoms with van der Waals surface area (Å²) < 4.78 is 14.4. The Bertz CT molecular complexity index is 887. The second kappa shape index (κ2) is 5.84. The summed E-state index contributed by atoms with van der Waals surface area (Å²) in [5.74, 6) is -0.266. The lowest BCUT2D eigenvalue weighted by atomic mass is 10.2. The van der Waals surface area contributed by atoms with Crippen molar-refractivity contribution in [1.82, 2.24) is 14.6 Å². The van der Waals surface area contributed by atoms with Crippen LogP contribution in [0, 0.1) is 12.7 Å². The number of hydrogen-bond donors (Lipinski definition) is 1. The molecule has 5 nitrogen and oxygen atoms in total. The molecule has 0 spiro atoms. The SMILES string of the molecule is CCc1nn2c(=O)cc(CNc3ccc(F)cc3C)nc2s1. The van der Waals surface area contributed by atoms with Crippen LogP contribution in [0.15, 0.2) is 29.1 Å². The van der Waals surface area contributed by atoms with E-state index in [9.17, 15) is 9.18 Å². The zero-order chi connectivity index (χ0) is 15.7. The van der Waals surface area contributed by atoms with Crippen molar-refractivity contribution in [2.45, 2.75) is 26.8 Å². The van der Waals surface area contributed by atoms with Gasteiger partial charge in [-0.05, 0) is 37.1 Å². The van der Waals surface area contributed by atoms with Crippen LogP contribution in [0.5, 0.6) is 0 Å². The fourth-order valence-electron chi connectivity index (χ4n) is 2.14. The van der Waals surface area contributed by atoms with Gasteiger partial charge in [-0.1, -0.05) is 18.3 Å². The van der Waals surface area contributed by atoms with Gasteiger partial charge in [-0.25, -0.2) is 9.37 Å². The zero-order valence-electron chi connectivity index (χ0n) is 12.3. The van der Waals surface area contributed by atoms with Crippen molar-refractivity contribution >= 4 is 22.0 Å². The molecule has 0 fully saturated rings. The second-order valence-electron chi connectivity index (χ2n) is 4.94. The standard InChI is InChI=1S/C15H15FN4OS/c1-3-13-19-20-14(21)7-11(18-15(20)22-13)8-17-12-5-4-10(16)6-9(12)2/h4-7,17H,3,8H2,1-2H3. The monoisotopic (exact) mass is 318 g/mol. The fourth-order valence-corrected chi connectivity index (χ4v) is 3.00. The molecule has 2 aromatic heterocycles. The van der Waals surface area contributed by atoms with Crippen LogP contribution in [0.25, 0.3) is 4.96 Å². The maximum atomic E-state index is 13.1. The van der Waals surface area contributed by atoms with E-state index in [1.54, 1.807) is 6.07 Å². The summed E-state index contributed by atoms with van der Waals surface area (Å²) in [7, 11) is 0. The highest BCUT2D eigenvalue weighted by Crippen LogP contribution is 2.17. The van der Waals surface area contributed by atoms with Crippen LogP contribution in [0.4, 0.5) is 10.1 Å². The summed E-state index contributed by atoms with van der Waals surface area (Å²) in [6.45, 7) is 4.22. The Balaban J connectivity index is 1.86. The molecule has 2 heterocycles. The molecule has 3 rings (SSSR count). The topological polar surface area (TPSA) is 59.3 Å². The van der Waals surface area contributed by atoms with Gasteiger partial charge < -0.3 is 5.32 Å². The van der Waals surface area contributed by atoms with Gasteiger partial charge >= 0.3 is 0 Å². The Morgan fingerprint density at radius 3 is 2.91 bits per heavy atom. The van der Waals surface area contributed by atoms with E-state index in [-0.39, 0.29) is 11.4 Å². The highest BCUT2D eigenvalue weighted by atomic mass is 32.1. The molecule has 0 amide bonds. The van der Waals surface area contributed by atoms with Crippen molar-refractivity contribution in [2.75, 3.05) is 5.32 Å². The van der Waals surface area contributed by atoms with E-state index < -0.39 is 0 Å². The first-order chi connectivity index (χ1) is 10.6. The Kier molecular flexibility index (Phi) is 3.89. The number of nitrogens with zero attached hydrogens (tertiary/aromatic N) is 3. The molecule has 0 unspecified atom stereocenters. The van der Waals surface area contributed by atoms with E-state index in [1.165, 1.54) is 34.1 Å². The van der Waals surface area contributed by atoms with E-state index in [4.69, 9.17) is 0 Å². The summed E-state index contributed by atoms with van der Waals surface area (Å²) in [4.78, 5) is 17.1. The molecule has 114 valence electrons. The zero-order valence-corrected chi connectivity index (χ0v) is 13.1. The number of fused-ring (bicyclic) bond motifs is 1. The third-order valence-corrected chi connectivity index (χ3v) is 4.34. The molecule has 0 atom stereocenters. The van der Waals surface area contributed by atoms with Crippen LogP contribution in [0.3, 0.4) is 0 Å². The number of aryl methyl sites for hydroxylation is 2. The van der Waals surface area contributed by atoms with Crippen LogP contribution in [-0.4, -0.2) is 14.6 Å². The summed E-state index contributed by atoms with van der Waals surface area (Å²) >= 11 is 1.42. The molecule has 0 radical (unpaired) electrons. The predicted octanol–water partition coefficient (Wildman–Crippen LogP) is 2.77. The molecule has 7 heteroatoms. The van der Waals surface area contributed by atoms with Gasteiger partial charge in [0.2, 0.25) is 4.96 Å². The lowest BCUT2D eigenvalue weighted by Crippen LogP contribution is -2.17. The Morgan fingerprint density at radius 2 is 2.18 bits per heavy atom. The average molecular weight is 318 g/mol. The first-order valence-electron chi connectivity index (χ1n) is 6.95. The minimum atomic E-state index is -0.266. The maximum absolute atomic E-state index is 13.1. The molecule has 22 heavy (non-hydrogen) atoms. The van der Waals surface area contributed by atoms with Gasteiger partial charge in [0.1, 0.15) is 10.8 Å². The first kappa shape index (κ1) is 14.6. The Hall–Kier alpha value is -2.28. The highest BCUT2D eigenvalue weighted by Gasteiger charge is 2.08. The molecular weight excluding hydrogens is 303 g/mol. The minimum Gasteiger partial charge on any atom is -0.379 e. The van der Waals surface area contributed by atoms with Crippen molar-refractivity contribution in [3.63, 3.8) is 0 Å². The van der Waals surface area contributed by atoms with E-state index in [0.717, 1.165) is 22.7 Å². The van der Waals surface area contributed by atoms with Crippen molar-refractivity contribution < 1.29 is 4.39 Å². The van der Waals surface area contributed by atoms with Crippen molar-refractivity contribution in [3.05, 3.63) is 56.7 Å². The minimum absolute atomic E-state index is 0.187. The van der Waals surface area contributed by atoms with E-state index >= 15 is 0 Å². The van der Waals surface area contributed by atoms with Crippen LogP contribution >= 0.6 is 11.3 Å². The number of rotatable bonds is 4. The van der Waals surface area contributed by atoms with Crippen LogP contribution in [0.2, 0.25) is 0 Å². The Morgan fingerprint density at radius 1 is 1.36 bits per heavy atom. The average Bonchev–Trinajstić information content (AvgIpc) is 2.90. The van der Waals surface area contributed by atoms with Gasteiger partial charge in [0, 0.05) is 11.8 Å². The Labute approximate surface area is 130 Å². The molecule has 0 saturated heterocycles. The largest absolute Gasteiger partial charge is 0.379 e. The molecule has 0 aliphatic heterocycles. The van der Waals surface area contributed by atoms with Gasteiger partial charge in [-0.15, -0.1) is 0 Å². The van der Waals surface area contributed by atoms with Crippen molar-refractivity contribution in [1.29, 1.82) is 0 Å². The number of aromatic nitrogens is 3. The molecule has 1 N–H and O–H groups in total. The molecule has 3 aromatic rings. The predicted molar refractivity (Wildman–Crippen MR) is 85.0 cm³/mol. The summed E-state index contributed by atoms with van der Waals surface area (Å²) in [6, 6.07) is 6.01. The smallest absolute Gasteiger partial charge is 0.275 e. The third-order valence-electron chi connectivity index (χ3n) is 3.29. The maximum Gasteiger partial charge on any atom is 0.275 e. The normalized spacial score (nSPS) is 11.0. The quantitative estimate of drug-likeness (QED) is 0.803. The van der Waals surface area contributed by atoms with Crippen LogP contribution < -0.4 is 10.9 Å². The van der Waals surface area contributed by atoms with Crippen molar-refractivity contribution in [3.8, 4) is 0 Å². The van der Waals surface area contributed by atoms with E-state index in [0.29, 0.717) is 17.2 Å². The van der Waals surface area contributed by atoms with Gasteiger partial charge in [-0.2, -0.15) is 9.61 Å². The number of hydrogen-bond acceptors (Lipinski definition) is 5. The highest BCUT2D eigenvalue weighted by molar-refractivity contribution is 7.16. The van der Waals surface area contributed by atoms with Gasteiger partial charge in [0.25, 0.3) is 5.56 Å². The number of benzene rings is 1. The number of nitrogens with one attached hydrogen (secondary N) is 1. The van der Waals surface area contributed by atoms with E-state index in [1.807, 2.05) is 13.8 Å². The van der Waals surface area contributed by atoms with Crippen molar-refractivity contribution in [2.24, 2.45) is 0 Å². The first-order valence-corrected chi connectivity index (χ1v) is 7.77. The molecule has 0 bridgehead atoms. The third kappa shape index (κ3) is 2.85. The summed E-state index contributed by atoms with van der Waals surface area (Å²) in [6.07, 6.45) is 0.774. The van der Waals surface area contributed by atoms with Gasteiger partial charge in [-0.3, -0.25) is 4.79 Å². The molecule has 1 aromatic carbocycles. The fraction of sp³-hybridized carbons (Fsp3) is 0.267. The lowest BCUT2D eigenvalue weighted by Gasteiger charge is -2.08. The van der Waals surface area contributed by atoms with Crippen LogP contribution in [-0.2, 0) is 13.0 Å². The summed E-state index contributed by atoms with van der Waals surface area (Å²) in [5.41, 5.74) is 2.08. The van der Waals surface area contributed by atoms with Gasteiger partial charge in [0.05, 0.1) is 12.2 Å². The molecular formula is C15H15FN4OS. The second-order valence-corrected chi connectivity index (χ2v) is 5.98. The number of anilines is 1. The molecule has 0 aliphatic carbocycles. The number of halogens is 1. The lowest BCUT2D eigenvalue weighted by molar-refractivity contribution is 0.627. The summed E-state index contributed by atoms with van der Waals surface area (Å²) in [5, 5.41) is 8.27. The molecule has 0 aliphatic rings. The van der Waals surface area contributed by atoms with Crippen LogP contribution in [0.1, 0.15) is 23.2 Å².